The van der Waals surface area contributed by atoms with Crippen molar-refractivity contribution in [1.29, 1.82) is 0 Å². The Morgan fingerprint density at radius 2 is 1.93 bits per heavy atom. The van der Waals surface area contributed by atoms with Gasteiger partial charge in [0.15, 0.2) is 5.96 Å². The quantitative estimate of drug-likeness (QED) is 0.351. The third-order valence-electron chi connectivity index (χ3n) is 4.89. The second-order valence-corrected chi connectivity index (χ2v) is 6.87. The summed E-state index contributed by atoms with van der Waals surface area (Å²) in [4.78, 5) is 7.25. The highest BCUT2D eigenvalue weighted by atomic mass is 127. The van der Waals surface area contributed by atoms with E-state index >= 15 is 0 Å². The van der Waals surface area contributed by atoms with Crippen molar-refractivity contribution in [3.63, 3.8) is 0 Å². The van der Waals surface area contributed by atoms with Crippen molar-refractivity contribution in [1.82, 2.24) is 15.5 Å². The van der Waals surface area contributed by atoms with Crippen molar-refractivity contribution in [3.05, 3.63) is 35.4 Å². The first-order valence-corrected chi connectivity index (χ1v) is 9.86. The van der Waals surface area contributed by atoms with Crippen LogP contribution in [0.4, 0.5) is 0 Å². The van der Waals surface area contributed by atoms with Crippen LogP contribution in [0.5, 0.6) is 0 Å². The zero-order valence-electron chi connectivity index (χ0n) is 16.3. The number of aliphatic imine (C=N–C) groups is 1. The Hall–Kier alpha value is -0.900. The van der Waals surface area contributed by atoms with Crippen molar-refractivity contribution in [2.45, 2.75) is 39.0 Å². The van der Waals surface area contributed by atoms with Crippen LogP contribution < -0.4 is 10.6 Å². The number of hydrogen-bond donors (Lipinski definition) is 2. The van der Waals surface area contributed by atoms with E-state index in [-0.39, 0.29) is 24.0 Å². The molecule has 1 aromatic rings. The van der Waals surface area contributed by atoms with Gasteiger partial charge in [-0.25, -0.2) is 4.99 Å². The van der Waals surface area contributed by atoms with Crippen molar-refractivity contribution in [2.75, 3.05) is 46.0 Å². The number of morpholine rings is 1. The monoisotopic (exact) mass is 488 g/mol. The molecular formula is C20H33IN4O2. The van der Waals surface area contributed by atoms with Crippen LogP contribution in [-0.4, -0.2) is 63.0 Å². The predicted molar refractivity (Wildman–Crippen MR) is 120 cm³/mol. The Morgan fingerprint density at radius 3 is 2.63 bits per heavy atom. The molecule has 6 nitrogen and oxygen atoms in total. The number of hydrogen-bond acceptors (Lipinski definition) is 4. The lowest BCUT2D eigenvalue weighted by atomic mass is 10.1. The molecule has 0 saturated carbocycles. The normalized spacial score (nSPS) is 20.9. The number of nitrogens with one attached hydrogen (secondary N) is 2. The van der Waals surface area contributed by atoms with E-state index in [9.17, 15) is 0 Å². The number of halogens is 1. The molecule has 1 unspecified atom stereocenters. The van der Waals surface area contributed by atoms with E-state index in [4.69, 9.17) is 14.5 Å². The van der Waals surface area contributed by atoms with Crippen LogP contribution >= 0.6 is 24.0 Å². The van der Waals surface area contributed by atoms with Gasteiger partial charge >= 0.3 is 0 Å². The van der Waals surface area contributed by atoms with E-state index in [0.717, 1.165) is 71.3 Å². The summed E-state index contributed by atoms with van der Waals surface area (Å²) < 4.78 is 11.1. The summed E-state index contributed by atoms with van der Waals surface area (Å²) in [6.45, 7) is 9.97. The van der Waals surface area contributed by atoms with Gasteiger partial charge < -0.3 is 20.1 Å². The van der Waals surface area contributed by atoms with E-state index in [2.05, 4.69) is 46.7 Å². The minimum atomic E-state index is 0. The molecule has 7 heteroatoms. The van der Waals surface area contributed by atoms with Crippen LogP contribution in [0.15, 0.2) is 29.3 Å². The molecule has 0 aliphatic carbocycles. The van der Waals surface area contributed by atoms with Crippen LogP contribution in [-0.2, 0) is 22.6 Å². The maximum absolute atomic E-state index is 5.69. The van der Waals surface area contributed by atoms with E-state index in [1.165, 1.54) is 11.1 Å². The van der Waals surface area contributed by atoms with Crippen molar-refractivity contribution in [3.8, 4) is 0 Å². The zero-order valence-corrected chi connectivity index (χ0v) is 18.6. The highest BCUT2D eigenvalue weighted by molar-refractivity contribution is 14.0. The molecule has 0 aromatic heterocycles. The summed E-state index contributed by atoms with van der Waals surface area (Å²) in [5.74, 6) is 0.865. The molecule has 0 amide bonds. The molecule has 1 atom stereocenters. The number of ether oxygens (including phenoxy) is 2. The fraction of sp³-hybridized carbons (Fsp3) is 0.650. The maximum atomic E-state index is 5.69. The molecule has 27 heavy (non-hydrogen) atoms. The van der Waals surface area contributed by atoms with Gasteiger partial charge in [0.25, 0.3) is 0 Å². The molecule has 0 radical (unpaired) electrons. The number of nitrogens with zero attached hydrogens (tertiary/aromatic N) is 2. The van der Waals surface area contributed by atoms with Crippen LogP contribution in [0.1, 0.15) is 30.9 Å². The lowest BCUT2D eigenvalue weighted by Crippen LogP contribution is -2.41. The van der Waals surface area contributed by atoms with Gasteiger partial charge in [-0.3, -0.25) is 4.90 Å². The molecule has 2 heterocycles. The Kier molecular flexibility index (Phi) is 10.4. The Bertz CT molecular complexity index is 573. The van der Waals surface area contributed by atoms with E-state index in [1.807, 2.05) is 0 Å². The van der Waals surface area contributed by atoms with Gasteiger partial charge in [-0.15, -0.1) is 24.0 Å². The highest BCUT2D eigenvalue weighted by Gasteiger charge is 2.16. The summed E-state index contributed by atoms with van der Waals surface area (Å²) in [6, 6.07) is 8.61. The summed E-state index contributed by atoms with van der Waals surface area (Å²) in [5, 5.41) is 6.75. The van der Waals surface area contributed by atoms with Gasteiger partial charge in [0, 0.05) is 39.3 Å². The standard InChI is InChI=1S/C20H32N4O2.HI/c1-2-21-20(23-15-19-8-5-11-26-19)22-14-17-6-3-4-7-18(17)16-24-9-12-25-13-10-24;/h3-4,6-7,19H,2,5,8-16H2,1H3,(H2,21,22,23);1H. The summed E-state index contributed by atoms with van der Waals surface area (Å²) in [5.41, 5.74) is 2.64. The molecule has 152 valence electrons. The van der Waals surface area contributed by atoms with E-state index in [1.54, 1.807) is 0 Å². The van der Waals surface area contributed by atoms with Gasteiger partial charge in [-0.1, -0.05) is 24.3 Å². The molecule has 0 bridgehead atoms. The Morgan fingerprint density at radius 1 is 1.15 bits per heavy atom. The Balaban J connectivity index is 0.00000261. The predicted octanol–water partition coefficient (Wildman–Crippen LogP) is 2.37. The minimum absolute atomic E-state index is 0. The van der Waals surface area contributed by atoms with Crippen molar-refractivity contribution < 1.29 is 9.47 Å². The summed E-state index contributed by atoms with van der Waals surface area (Å²) >= 11 is 0. The lowest BCUT2D eigenvalue weighted by molar-refractivity contribution is 0.0341. The molecule has 0 spiro atoms. The molecule has 3 rings (SSSR count). The molecule has 2 N–H and O–H groups in total. The molecule has 2 saturated heterocycles. The number of benzene rings is 1. The van der Waals surface area contributed by atoms with Gasteiger partial charge in [0.1, 0.15) is 0 Å². The smallest absolute Gasteiger partial charge is 0.191 e. The lowest BCUT2D eigenvalue weighted by Gasteiger charge is -2.27. The molecule has 2 aliphatic rings. The van der Waals surface area contributed by atoms with E-state index < -0.39 is 0 Å². The first kappa shape index (κ1) is 22.4. The molecular weight excluding hydrogens is 455 g/mol. The van der Waals surface area contributed by atoms with Crippen molar-refractivity contribution >= 4 is 29.9 Å². The first-order valence-electron chi connectivity index (χ1n) is 9.86. The molecule has 2 fully saturated rings. The second-order valence-electron chi connectivity index (χ2n) is 6.87. The average Bonchev–Trinajstić information content (AvgIpc) is 3.19. The van der Waals surface area contributed by atoms with Gasteiger partial charge in [-0.05, 0) is 30.9 Å². The SMILES string of the molecule is CCNC(=NCc1ccccc1CN1CCOCC1)NCC1CCCO1.I. The van der Waals surface area contributed by atoms with Gasteiger partial charge in [0.2, 0.25) is 0 Å². The third kappa shape index (κ3) is 7.56. The van der Waals surface area contributed by atoms with E-state index in [0.29, 0.717) is 12.6 Å². The summed E-state index contributed by atoms with van der Waals surface area (Å²) in [6.07, 6.45) is 2.61. The fourth-order valence-corrected chi connectivity index (χ4v) is 3.39. The Labute approximate surface area is 180 Å². The number of rotatable bonds is 7. The highest BCUT2D eigenvalue weighted by Crippen LogP contribution is 2.14. The topological polar surface area (TPSA) is 58.1 Å². The zero-order chi connectivity index (χ0) is 18.0. The van der Waals surface area contributed by atoms with Gasteiger partial charge in [0.05, 0.1) is 25.9 Å². The maximum Gasteiger partial charge on any atom is 0.191 e. The van der Waals surface area contributed by atoms with Crippen LogP contribution in [0.25, 0.3) is 0 Å². The summed E-state index contributed by atoms with van der Waals surface area (Å²) in [7, 11) is 0. The fourth-order valence-electron chi connectivity index (χ4n) is 3.39. The molecule has 2 aliphatic heterocycles. The largest absolute Gasteiger partial charge is 0.379 e. The van der Waals surface area contributed by atoms with Crippen LogP contribution in [0, 0.1) is 0 Å². The third-order valence-corrected chi connectivity index (χ3v) is 4.89. The van der Waals surface area contributed by atoms with Gasteiger partial charge in [-0.2, -0.15) is 0 Å². The second kappa shape index (κ2) is 12.5. The van der Waals surface area contributed by atoms with Crippen LogP contribution in [0.2, 0.25) is 0 Å². The number of guanidine groups is 1. The van der Waals surface area contributed by atoms with Crippen LogP contribution in [0.3, 0.4) is 0 Å². The average molecular weight is 488 g/mol. The first-order chi connectivity index (χ1) is 12.8. The van der Waals surface area contributed by atoms with Crippen molar-refractivity contribution in [2.24, 2.45) is 4.99 Å². The minimum Gasteiger partial charge on any atom is -0.379 e. The molecule has 1 aromatic carbocycles.